The highest BCUT2D eigenvalue weighted by Gasteiger charge is 2.17. The van der Waals surface area contributed by atoms with E-state index in [-0.39, 0.29) is 18.2 Å². The van der Waals surface area contributed by atoms with Gasteiger partial charge in [0.25, 0.3) is 0 Å². The van der Waals surface area contributed by atoms with Crippen LogP contribution in [0.3, 0.4) is 0 Å². The zero-order valence-corrected chi connectivity index (χ0v) is 17.1. The SMILES string of the molecule is Cc1cc(C)n(C(C)c2nnc(Cc3ccn(Cc4c(F)cccc4F)n3)s2)n1. The van der Waals surface area contributed by atoms with E-state index in [1.165, 1.54) is 34.2 Å². The Hall–Kier alpha value is -2.94. The number of aromatic nitrogens is 6. The molecule has 4 rings (SSSR count). The minimum atomic E-state index is -0.575. The molecule has 0 bridgehead atoms. The van der Waals surface area contributed by atoms with Crippen LogP contribution >= 0.6 is 11.3 Å². The van der Waals surface area contributed by atoms with E-state index in [0.717, 1.165) is 27.1 Å². The summed E-state index contributed by atoms with van der Waals surface area (Å²) in [6, 6.07) is 7.69. The number of nitrogens with zero attached hydrogens (tertiary/aromatic N) is 6. The molecule has 0 amide bonds. The van der Waals surface area contributed by atoms with Gasteiger partial charge in [0, 0.05) is 23.9 Å². The Morgan fingerprint density at radius 1 is 1.07 bits per heavy atom. The normalized spacial score (nSPS) is 12.4. The van der Waals surface area contributed by atoms with Crippen LogP contribution < -0.4 is 0 Å². The largest absolute Gasteiger partial charge is 0.268 e. The van der Waals surface area contributed by atoms with Gasteiger partial charge in [0.15, 0.2) is 0 Å². The highest BCUT2D eigenvalue weighted by molar-refractivity contribution is 7.11. The summed E-state index contributed by atoms with van der Waals surface area (Å²) in [6.07, 6.45) is 2.22. The van der Waals surface area contributed by atoms with Crippen LogP contribution in [0.5, 0.6) is 0 Å². The lowest BCUT2D eigenvalue weighted by molar-refractivity contribution is 0.531. The van der Waals surface area contributed by atoms with Gasteiger partial charge in [-0.05, 0) is 45.0 Å². The monoisotopic (exact) mass is 414 g/mol. The van der Waals surface area contributed by atoms with E-state index in [9.17, 15) is 8.78 Å². The Bertz CT molecular complexity index is 1130. The summed E-state index contributed by atoms with van der Waals surface area (Å²) in [5.74, 6) is -1.15. The quantitative estimate of drug-likeness (QED) is 0.477. The topological polar surface area (TPSA) is 61.4 Å². The van der Waals surface area contributed by atoms with Gasteiger partial charge in [-0.1, -0.05) is 17.4 Å². The second kappa shape index (κ2) is 7.82. The maximum Gasteiger partial charge on any atom is 0.141 e. The Kier molecular flexibility index (Phi) is 5.23. The molecule has 3 heterocycles. The smallest absolute Gasteiger partial charge is 0.141 e. The first-order valence-electron chi connectivity index (χ1n) is 9.21. The summed E-state index contributed by atoms with van der Waals surface area (Å²) in [4.78, 5) is 0. The molecule has 0 aliphatic rings. The molecule has 29 heavy (non-hydrogen) atoms. The fourth-order valence-electron chi connectivity index (χ4n) is 3.24. The van der Waals surface area contributed by atoms with Crippen LogP contribution in [0.1, 0.15) is 45.6 Å². The standard InChI is InChI=1S/C20H20F2N6S/c1-12-9-13(2)28(25-12)14(3)20-24-23-19(29-20)10-15-7-8-27(26-15)11-16-17(21)5-4-6-18(16)22/h4-9,14H,10-11H2,1-3H3. The molecule has 0 fully saturated rings. The van der Waals surface area contributed by atoms with Crippen molar-refractivity contribution in [3.05, 3.63) is 80.8 Å². The van der Waals surface area contributed by atoms with Gasteiger partial charge in [-0.25, -0.2) is 8.78 Å². The molecule has 4 aromatic rings. The first kappa shape index (κ1) is 19.4. The number of hydrogen-bond donors (Lipinski definition) is 0. The summed E-state index contributed by atoms with van der Waals surface area (Å²) in [6.45, 7) is 6.06. The molecular weight excluding hydrogens is 394 g/mol. The molecule has 0 saturated carbocycles. The molecule has 6 nitrogen and oxygen atoms in total. The van der Waals surface area contributed by atoms with Gasteiger partial charge in [-0.15, -0.1) is 10.2 Å². The second-order valence-corrected chi connectivity index (χ2v) is 8.06. The maximum absolute atomic E-state index is 13.8. The van der Waals surface area contributed by atoms with E-state index in [4.69, 9.17) is 0 Å². The van der Waals surface area contributed by atoms with Crippen molar-refractivity contribution >= 4 is 11.3 Å². The van der Waals surface area contributed by atoms with Gasteiger partial charge >= 0.3 is 0 Å². The molecule has 0 aliphatic carbocycles. The van der Waals surface area contributed by atoms with Gasteiger partial charge in [0.05, 0.1) is 17.9 Å². The predicted molar refractivity (Wildman–Crippen MR) is 106 cm³/mol. The zero-order valence-electron chi connectivity index (χ0n) is 16.3. The Balaban J connectivity index is 1.46. The molecule has 3 aromatic heterocycles. The molecule has 1 aromatic carbocycles. The Morgan fingerprint density at radius 3 is 2.52 bits per heavy atom. The molecular formula is C20H20F2N6S. The van der Waals surface area contributed by atoms with Crippen molar-refractivity contribution in [2.75, 3.05) is 0 Å². The predicted octanol–water partition coefficient (Wildman–Crippen LogP) is 4.07. The fourth-order valence-corrected chi connectivity index (χ4v) is 4.13. The highest BCUT2D eigenvalue weighted by atomic mass is 32.1. The third-order valence-corrected chi connectivity index (χ3v) is 5.75. The van der Waals surface area contributed by atoms with Crippen LogP contribution in [0.2, 0.25) is 0 Å². The summed E-state index contributed by atoms with van der Waals surface area (Å²) in [7, 11) is 0. The molecule has 0 saturated heterocycles. The molecule has 150 valence electrons. The van der Waals surface area contributed by atoms with Crippen molar-refractivity contribution in [1.82, 2.24) is 29.8 Å². The molecule has 0 aliphatic heterocycles. The second-order valence-electron chi connectivity index (χ2n) is 6.96. The van der Waals surface area contributed by atoms with E-state index in [0.29, 0.717) is 6.42 Å². The van der Waals surface area contributed by atoms with Crippen molar-refractivity contribution in [2.24, 2.45) is 0 Å². The van der Waals surface area contributed by atoms with E-state index in [1.54, 1.807) is 6.20 Å². The van der Waals surface area contributed by atoms with E-state index in [1.807, 2.05) is 37.6 Å². The minimum Gasteiger partial charge on any atom is -0.268 e. The van der Waals surface area contributed by atoms with E-state index >= 15 is 0 Å². The number of halogens is 2. The lowest BCUT2D eigenvalue weighted by Gasteiger charge is -2.10. The average molecular weight is 414 g/mol. The molecule has 9 heteroatoms. The Morgan fingerprint density at radius 2 is 1.83 bits per heavy atom. The lowest BCUT2D eigenvalue weighted by Crippen LogP contribution is -2.10. The van der Waals surface area contributed by atoms with Crippen LogP contribution in [0.15, 0.2) is 36.5 Å². The van der Waals surface area contributed by atoms with Gasteiger partial charge < -0.3 is 0 Å². The Labute approximate surface area is 170 Å². The molecule has 1 unspecified atom stereocenters. The molecule has 0 N–H and O–H groups in total. The fraction of sp³-hybridized carbons (Fsp3) is 0.300. The summed E-state index contributed by atoms with van der Waals surface area (Å²) in [5, 5.41) is 19.2. The van der Waals surface area contributed by atoms with Crippen LogP contribution in [0.25, 0.3) is 0 Å². The van der Waals surface area contributed by atoms with E-state index < -0.39 is 11.6 Å². The van der Waals surface area contributed by atoms with Gasteiger partial charge in [-0.3, -0.25) is 9.36 Å². The van der Waals surface area contributed by atoms with Gasteiger partial charge in [0.1, 0.15) is 27.7 Å². The molecule has 0 spiro atoms. The van der Waals surface area contributed by atoms with Crippen LogP contribution in [-0.4, -0.2) is 29.8 Å². The zero-order chi connectivity index (χ0) is 20.5. The number of hydrogen-bond acceptors (Lipinski definition) is 5. The van der Waals surface area contributed by atoms with Crippen molar-refractivity contribution in [3.63, 3.8) is 0 Å². The van der Waals surface area contributed by atoms with Crippen molar-refractivity contribution in [3.8, 4) is 0 Å². The molecule has 1 atom stereocenters. The first-order valence-corrected chi connectivity index (χ1v) is 10.0. The number of benzene rings is 1. The third-order valence-electron chi connectivity index (χ3n) is 4.66. The lowest BCUT2D eigenvalue weighted by atomic mass is 10.2. The molecule has 0 radical (unpaired) electrons. The maximum atomic E-state index is 13.8. The van der Waals surface area contributed by atoms with Crippen LogP contribution in [0.4, 0.5) is 8.78 Å². The first-order chi connectivity index (χ1) is 13.9. The highest BCUT2D eigenvalue weighted by Crippen LogP contribution is 2.24. The summed E-state index contributed by atoms with van der Waals surface area (Å²) >= 11 is 1.51. The van der Waals surface area contributed by atoms with Crippen molar-refractivity contribution in [1.29, 1.82) is 0 Å². The van der Waals surface area contributed by atoms with Crippen molar-refractivity contribution in [2.45, 2.75) is 39.8 Å². The average Bonchev–Trinajstić information content (AvgIpc) is 3.39. The summed E-state index contributed by atoms with van der Waals surface area (Å²) in [5.41, 5.74) is 2.81. The van der Waals surface area contributed by atoms with Crippen LogP contribution in [0, 0.1) is 25.5 Å². The van der Waals surface area contributed by atoms with Gasteiger partial charge in [0.2, 0.25) is 0 Å². The van der Waals surface area contributed by atoms with Crippen LogP contribution in [-0.2, 0) is 13.0 Å². The van der Waals surface area contributed by atoms with E-state index in [2.05, 4.69) is 20.4 Å². The van der Waals surface area contributed by atoms with Crippen molar-refractivity contribution < 1.29 is 8.78 Å². The van der Waals surface area contributed by atoms with Gasteiger partial charge in [-0.2, -0.15) is 10.2 Å². The minimum absolute atomic E-state index is 0.000868. The number of rotatable bonds is 6. The summed E-state index contributed by atoms with van der Waals surface area (Å²) < 4.78 is 31.1. The number of aryl methyl sites for hydroxylation is 2. The third kappa shape index (κ3) is 4.09.